The Kier molecular flexibility index (Phi) is 3.10. The maximum absolute atomic E-state index is 6.02. The van der Waals surface area contributed by atoms with Crippen LogP contribution in [0.25, 0.3) is 22.6 Å². The molecule has 1 N–H and O–H groups in total. The van der Waals surface area contributed by atoms with Crippen molar-refractivity contribution in [3.8, 4) is 22.6 Å². The van der Waals surface area contributed by atoms with Crippen molar-refractivity contribution in [2.24, 2.45) is 0 Å². The number of rotatable bonds is 2. The predicted molar refractivity (Wildman–Crippen MR) is 79.2 cm³/mol. The lowest BCUT2D eigenvalue weighted by atomic mass is 10.1. The average Bonchev–Trinajstić information content (AvgIpc) is 2.82. The minimum absolute atomic E-state index is 0.716. The number of imidazole rings is 1. The number of nitrogens with zero attached hydrogens (tertiary/aromatic N) is 1. The molecule has 0 spiro atoms. The molecule has 3 heteroatoms. The molecule has 2 aromatic carbocycles. The topological polar surface area (TPSA) is 28.7 Å². The normalized spacial score (nSPS) is 10.6. The Balaban J connectivity index is 2.07. The molecular formula is C16H13ClN2. The van der Waals surface area contributed by atoms with Crippen molar-refractivity contribution in [1.29, 1.82) is 0 Å². The van der Waals surface area contributed by atoms with Crippen LogP contribution in [-0.4, -0.2) is 9.97 Å². The molecule has 0 aliphatic carbocycles. The molecule has 1 aromatic heterocycles. The number of nitrogens with one attached hydrogen (secondary N) is 1. The maximum atomic E-state index is 6.02. The van der Waals surface area contributed by atoms with Crippen molar-refractivity contribution in [2.75, 3.05) is 0 Å². The molecule has 0 radical (unpaired) electrons. The van der Waals surface area contributed by atoms with Crippen LogP contribution in [0.15, 0.2) is 54.6 Å². The number of aromatic nitrogens is 2. The first-order valence-electron chi connectivity index (χ1n) is 6.12. The molecule has 0 saturated carbocycles. The molecule has 0 aliphatic rings. The largest absolute Gasteiger partial charge is 0.342 e. The smallest absolute Gasteiger partial charge is 0.138 e. The van der Waals surface area contributed by atoms with Crippen molar-refractivity contribution in [1.82, 2.24) is 9.97 Å². The lowest BCUT2D eigenvalue weighted by Crippen LogP contribution is -1.81. The van der Waals surface area contributed by atoms with E-state index in [0.717, 1.165) is 28.3 Å². The van der Waals surface area contributed by atoms with Gasteiger partial charge in [0.15, 0.2) is 0 Å². The van der Waals surface area contributed by atoms with Gasteiger partial charge < -0.3 is 4.98 Å². The summed E-state index contributed by atoms with van der Waals surface area (Å²) in [7, 11) is 0. The summed E-state index contributed by atoms with van der Waals surface area (Å²) in [4.78, 5) is 7.99. The molecule has 0 saturated heterocycles. The van der Waals surface area contributed by atoms with Gasteiger partial charge in [0.2, 0.25) is 0 Å². The van der Waals surface area contributed by atoms with Gasteiger partial charge in [-0.1, -0.05) is 54.1 Å². The highest BCUT2D eigenvalue weighted by atomic mass is 35.5. The first-order chi connectivity index (χ1) is 9.24. The Morgan fingerprint density at radius 2 is 1.68 bits per heavy atom. The van der Waals surface area contributed by atoms with Crippen LogP contribution >= 0.6 is 11.6 Å². The van der Waals surface area contributed by atoms with Gasteiger partial charge in [-0.3, -0.25) is 0 Å². The van der Waals surface area contributed by atoms with E-state index in [2.05, 4.69) is 22.1 Å². The van der Waals surface area contributed by atoms with E-state index in [4.69, 9.17) is 11.6 Å². The van der Waals surface area contributed by atoms with Crippen LogP contribution in [0.3, 0.4) is 0 Å². The van der Waals surface area contributed by atoms with Gasteiger partial charge in [0.1, 0.15) is 5.82 Å². The lowest BCUT2D eigenvalue weighted by molar-refractivity contribution is 1.26. The van der Waals surface area contributed by atoms with Gasteiger partial charge in [0, 0.05) is 21.8 Å². The van der Waals surface area contributed by atoms with E-state index in [9.17, 15) is 0 Å². The molecule has 1 heterocycles. The Morgan fingerprint density at radius 3 is 2.42 bits per heavy atom. The lowest BCUT2D eigenvalue weighted by Gasteiger charge is -1.97. The summed E-state index contributed by atoms with van der Waals surface area (Å²) in [6.07, 6.45) is 0. The van der Waals surface area contributed by atoms with Crippen LogP contribution in [0.2, 0.25) is 5.02 Å². The van der Waals surface area contributed by atoms with Crippen molar-refractivity contribution in [3.63, 3.8) is 0 Å². The SMILES string of the molecule is Cc1[nH]c(-c2cccc(Cl)c2)nc1-c1ccccc1. The minimum Gasteiger partial charge on any atom is -0.342 e. The quantitative estimate of drug-likeness (QED) is 0.717. The first kappa shape index (κ1) is 12.0. The summed E-state index contributed by atoms with van der Waals surface area (Å²) in [6, 6.07) is 17.9. The summed E-state index contributed by atoms with van der Waals surface area (Å²) < 4.78 is 0. The zero-order chi connectivity index (χ0) is 13.2. The number of halogens is 1. The highest BCUT2D eigenvalue weighted by molar-refractivity contribution is 6.30. The van der Waals surface area contributed by atoms with Gasteiger partial charge in [-0.25, -0.2) is 4.98 Å². The molecule has 2 nitrogen and oxygen atoms in total. The molecule has 0 unspecified atom stereocenters. The fourth-order valence-corrected chi connectivity index (χ4v) is 2.30. The van der Waals surface area contributed by atoms with E-state index in [1.807, 2.05) is 49.4 Å². The second-order valence-electron chi connectivity index (χ2n) is 4.44. The highest BCUT2D eigenvalue weighted by Gasteiger charge is 2.10. The minimum atomic E-state index is 0.716. The zero-order valence-electron chi connectivity index (χ0n) is 10.5. The summed E-state index contributed by atoms with van der Waals surface area (Å²) in [5.74, 6) is 0.846. The van der Waals surface area contributed by atoms with Gasteiger partial charge in [-0.2, -0.15) is 0 Å². The molecule has 0 bridgehead atoms. The Bertz CT molecular complexity index is 702. The number of hydrogen-bond donors (Lipinski definition) is 1. The van der Waals surface area contributed by atoms with Crippen molar-refractivity contribution >= 4 is 11.6 Å². The Morgan fingerprint density at radius 1 is 0.947 bits per heavy atom. The van der Waals surface area contributed by atoms with Crippen LogP contribution in [0, 0.1) is 6.92 Å². The maximum Gasteiger partial charge on any atom is 0.138 e. The molecule has 0 atom stereocenters. The number of hydrogen-bond acceptors (Lipinski definition) is 1. The summed E-state index contributed by atoms with van der Waals surface area (Å²) in [5.41, 5.74) is 4.15. The van der Waals surface area contributed by atoms with Gasteiger partial charge >= 0.3 is 0 Å². The second-order valence-corrected chi connectivity index (χ2v) is 4.87. The summed E-state index contributed by atoms with van der Waals surface area (Å²) in [6.45, 7) is 2.03. The third-order valence-electron chi connectivity index (χ3n) is 3.03. The second kappa shape index (κ2) is 4.90. The fraction of sp³-hybridized carbons (Fsp3) is 0.0625. The molecular weight excluding hydrogens is 256 g/mol. The molecule has 94 valence electrons. The van der Waals surface area contributed by atoms with Crippen molar-refractivity contribution in [3.05, 3.63) is 65.3 Å². The first-order valence-corrected chi connectivity index (χ1v) is 6.50. The average molecular weight is 269 g/mol. The number of H-pyrrole nitrogens is 1. The standard InChI is InChI=1S/C16H13ClN2/c1-11-15(12-6-3-2-4-7-12)19-16(18-11)13-8-5-9-14(17)10-13/h2-10H,1H3,(H,18,19). The molecule has 3 aromatic rings. The van der Waals surface area contributed by atoms with Crippen LogP contribution in [-0.2, 0) is 0 Å². The summed E-state index contributed by atoms with van der Waals surface area (Å²) >= 11 is 6.02. The number of aromatic amines is 1. The van der Waals surface area contributed by atoms with Gasteiger partial charge in [-0.15, -0.1) is 0 Å². The van der Waals surface area contributed by atoms with Crippen LogP contribution in [0.5, 0.6) is 0 Å². The van der Waals surface area contributed by atoms with Crippen molar-refractivity contribution in [2.45, 2.75) is 6.92 Å². The van der Waals surface area contributed by atoms with Gasteiger partial charge in [-0.05, 0) is 19.1 Å². The van der Waals surface area contributed by atoms with Gasteiger partial charge in [0.05, 0.1) is 5.69 Å². The Labute approximate surface area is 117 Å². The van der Waals surface area contributed by atoms with Crippen LogP contribution < -0.4 is 0 Å². The summed E-state index contributed by atoms with van der Waals surface area (Å²) in [5, 5.41) is 0.716. The van der Waals surface area contributed by atoms with E-state index in [1.54, 1.807) is 0 Å². The van der Waals surface area contributed by atoms with E-state index < -0.39 is 0 Å². The van der Waals surface area contributed by atoms with E-state index >= 15 is 0 Å². The molecule has 0 aliphatic heterocycles. The Hall–Kier alpha value is -2.06. The monoisotopic (exact) mass is 268 g/mol. The van der Waals surface area contributed by atoms with Gasteiger partial charge in [0.25, 0.3) is 0 Å². The third kappa shape index (κ3) is 2.40. The molecule has 0 amide bonds. The third-order valence-corrected chi connectivity index (χ3v) is 3.27. The van der Waals surface area contributed by atoms with E-state index in [-0.39, 0.29) is 0 Å². The van der Waals surface area contributed by atoms with Crippen LogP contribution in [0.1, 0.15) is 5.69 Å². The zero-order valence-corrected chi connectivity index (χ0v) is 11.3. The fourth-order valence-electron chi connectivity index (χ4n) is 2.11. The van der Waals surface area contributed by atoms with E-state index in [0.29, 0.717) is 5.02 Å². The number of benzene rings is 2. The molecule has 0 fully saturated rings. The highest BCUT2D eigenvalue weighted by Crippen LogP contribution is 2.26. The molecule has 19 heavy (non-hydrogen) atoms. The molecule has 3 rings (SSSR count). The van der Waals surface area contributed by atoms with Crippen LogP contribution in [0.4, 0.5) is 0 Å². The number of aryl methyl sites for hydroxylation is 1. The van der Waals surface area contributed by atoms with E-state index in [1.165, 1.54) is 0 Å². The predicted octanol–water partition coefficient (Wildman–Crippen LogP) is 4.71. The van der Waals surface area contributed by atoms with Crippen molar-refractivity contribution < 1.29 is 0 Å².